The van der Waals surface area contributed by atoms with Crippen LogP contribution in [0.5, 0.6) is 0 Å². The van der Waals surface area contributed by atoms with E-state index in [0.717, 1.165) is 16.7 Å². The predicted molar refractivity (Wildman–Crippen MR) is 65.1 cm³/mol. The Balaban J connectivity index is 0.000000921. The third-order valence-corrected chi connectivity index (χ3v) is 3.36. The van der Waals surface area contributed by atoms with Crippen LogP contribution in [-0.2, 0) is 9.84 Å². The topological polar surface area (TPSA) is 34.1 Å². The number of hydrogen-bond donors (Lipinski definition) is 0. The van der Waals surface area contributed by atoms with Crippen molar-refractivity contribution in [1.29, 1.82) is 0 Å². The highest BCUT2D eigenvalue weighted by Gasteiger charge is 2.13. The second-order valence-corrected chi connectivity index (χ2v) is 5.45. The van der Waals surface area contributed by atoms with Crippen LogP contribution in [0, 0.1) is 20.8 Å². The van der Waals surface area contributed by atoms with E-state index >= 15 is 0 Å². The van der Waals surface area contributed by atoms with Gasteiger partial charge in [0, 0.05) is 6.26 Å². The summed E-state index contributed by atoms with van der Waals surface area (Å²) in [6, 6.07) is 3.78. The van der Waals surface area contributed by atoms with Crippen molar-refractivity contribution >= 4 is 9.84 Å². The monoisotopic (exact) mass is 228 g/mol. The molecule has 15 heavy (non-hydrogen) atoms. The summed E-state index contributed by atoms with van der Waals surface area (Å²) in [6.45, 7) is 9.62. The molecule has 0 atom stereocenters. The van der Waals surface area contributed by atoms with Crippen LogP contribution < -0.4 is 0 Å². The summed E-state index contributed by atoms with van der Waals surface area (Å²) >= 11 is 0. The summed E-state index contributed by atoms with van der Waals surface area (Å²) in [5.74, 6) is 0. The molecule has 2 nitrogen and oxygen atoms in total. The third kappa shape index (κ3) is 3.67. The second-order valence-electron chi connectivity index (χ2n) is 3.50. The number of benzene rings is 1. The summed E-state index contributed by atoms with van der Waals surface area (Å²) in [4.78, 5) is 0.470. The molecule has 0 N–H and O–H groups in total. The summed E-state index contributed by atoms with van der Waals surface area (Å²) in [7, 11) is -3.08. The second kappa shape index (κ2) is 5.31. The lowest BCUT2D eigenvalue weighted by Gasteiger charge is -2.08. The van der Waals surface area contributed by atoms with E-state index in [2.05, 4.69) is 0 Å². The zero-order valence-corrected chi connectivity index (χ0v) is 11.2. The van der Waals surface area contributed by atoms with Gasteiger partial charge in [-0.3, -0.25) is 0 Å². The minimum Gasteiger partial charge on any atom is -0.224 e. The Bertz CT molecular complexity index is 408. The minimum atomic E-state index is -3.08. The summed E-state index contributed by atoms with van der Waals surface area (Å²) in [5, 5.41) is 0. The maximum Gasteiger partial charge on any atom is 0.176 e. The number of hydrogen-bond acceptors (Lipinski definition) is 2. The first-order valence-corrected chi connectivity index (χ1v) is 6.99. The molecule has 86 valence electrons. The highest BCUT2D eigenvalue weighted by molar-refractivity contribution is 7.90. The molecule has 0 aliphatic rings. The molecule has 0 saturated heterocycles. The first-order chi connectivity index (χ1) is 6.82. The summed E-state index contributed by atoms with van der Waals surface area (Å²) in [5.41, 5.74) is 2.77. The Hall–Kier alpha value is -0.830. The Kier molecular flexibility index (Phi) is 5.01. The molecule has 1 aromatic carbocycles. The standard InChI is InChI=1S/C10H14O2S.C2H6/c1-7-5-8(2)10(9(3)6-7)13(4,11)12;1-2/h5-6H,1-4H3;1-2H3. The van der Waals surface area contributed by atoms with Gasteiger partial charge in [-0.25, -0.2) is 8.42 Å². The van der Waals surface area contributed by atoms with Crippen molar-refractivity contribution in [3.05, 3.63) is 28.8 Å². The predicted octanol–water partition coefficient (Wildman–Crippen LogP) is 3.04. The van der Waals surface area contributed by atoms with Crippen molar-refractivity contribution in [3.63, 3.8) is 0 Å². The first kappa shape index (κ1) is 14.2. The fourth-order valence-corrected chi connectivity index (χ4v) is 3.04. The van der Waals surface area contributed by atoms with Crippen LogP contribution in [0.2, 0.25) is 0 Å². The van der Waals surface area contributed by atoms with Gasteiger partial charge in [-0.2, -0.15) is 0 Å². The zero-order valence-electron chi connectivity index (χ0n) is 10.4. The van der Waals surface area contributed by atoms with Crippen molar-refractivity contribution < 1.29 is 8.42 Å². The molecule has 0 amide bonds. The number of sulfone groups is 1. The Morgan fingerprint density at radius 1 is 0.933 bits per heavy atom. The van der Waals surface area contributed by atoms with Crippen molar-refractivity contribution in [2.75, 3.05) is 6.26 Å². The molecule has 0 fully saturated rings. The highest BCUT2D eigenvalue weighted by Crippen LogP contribution is 2.21. The van der Waals surface area contributed by atoms with E-state index in [-0.39, 0.29) is 0 Å². The van der Waals surface area contributed by atoms with Gasteiger partial charge in [0.15, 0.2) is 9.84 Å². The molecule has 0 saturated carbocycles. The highest BCUT2D eigenvalue weighted by atomic mass is 32.2. The lowest BCUT2D eigenvalue weighted by atomic mass is 10.1. The molecule has 0 unspecified atom stereocenters. The van der Waals surface area contributed by atoms with Crippen LogP contribution in [0.3, 0.4) is 0 Å². The lowest BCUT2D eigenvalue weighted by Crippen LogP contribution is -2.03. The Morgan fingerprint density at radius 2 is 1.27 bits per heavy atom. The average Bonchev–Trinajstić information content (AvgIpc) is 2.02. The zero-order chi connectivity index (χ0) is 12.2. The van der Waals surface area contributed by atoms with Crippen LogP contribution >= 0.6 is 0 Å². The number of aryl methyl sites for hydroxylation is 3. The fourth-order valence-electron chi connectivity index (χ4n) is 1.75. The van der Waals surface area contributed by atoms with Crippen LogP contribution in [0.25, 0.3) is 0 Å². The van der Waals surface area contributed by atoms with Gasteiger partial charge >= 0.3 is 0 Å². The van der Waals surface area contributed by atoms with E-state index in [9.17, 15) is 8.42 Å². The Labute approximate surface area is 93.3 Å². The van der Waals surface area contributed by atoms with Gasteiger partial charge in [0.05, 0.1) is 4.90 Å². The molecular weight excluding hydrogens is 208 g/mol. The maximum absolute atomic E-state index is 11.4. The maximum atomic E-state index is 11.4. The minimum absolute atomic E-state index is 0.470. The fraction of sp³-hybridized carbons (Fsp3) is 0.500. The van der Waals surface area contributed by atoms with Crippen LogP contribution in [0.15, 0.2) is 17.0 Å². The molecule has 3 heteroatoms. The van der Waals surface area contributed by atoms with Gasteiger partial charge in [-0.05, 0) is 31.9 Å². The van der Waals surface area contributed by atoms with Crippen LogP contribution in [0.4, 0.5) is 0 Å². The van der Waals surface area contributed by atoms with Gasteiger partial charge in [-0.15, -0.1) is 0 Å². The largest absolute Gasteiger partial charge is 0.224 e. The van der Waals surface area contributed by atoms with Gasteiger partial charge in [0.2, 0.25) is 0 Å². The Morgan fingerprint density at radius 3 is 1.53 bits per heavy atom. The van der Waals surface area contributed by atoms with E-state index < -0.39 is 9.84 Å². The molecule has 0 bridgehead atoms. The van der Waals surface area contributed by atoms with Gasteiger partial charge in [0.1, 0.15) is 0 Å². The van der Waals surface area contributed by atoms with E-state index in [0.29, 0.717) is 4.90 Å². The SMILES string of the molecule is CC.Cc1cc(C)c(S(C)(=O)=O)c(C)c1. The quantitative estimate of drug-likeness (QED) is 0.740. The average molecular weight is 228 g/mol. The molecular formula is C12H20O2S. The van der Waals surface area contributed by atoms with Crippen molar-refractivity contribution in [2.24, 2.45) is 0 Å². The van der Waals surface area contributed by atoms with Gasteiger partial charge < -0.3 is 0 Å². The molecule has 1 aromatic rings. The smallest absolute Gasteiger partial charge is 0.176 e. The summed E-state index contributed by atoms with van der Waals surface area (Å²) in [6.07, 6.45) is 1.25. The lowest BCUT2D eigenvalue weighted by molar-refractivity contribution is 0.600. The van der Waals surface area contributed by atoms with E-state index in [1.165, 1.54) is 6.26 Å². The molecule has 0 aromatic heterocycles. The third-order valence-electron chi connectivity index (χ3n) is 1.98. The molecule has 0 aliphatic carbocycles. The van der Waals surface area contributed by atoms with Gasteiger partial charge in [0.25, 0.3) is 0 Å². The molecule has 0 aliphatic heterocycles. The normalized spacial score (nSPS) is 10.5. The van der Waals surface area contributed by atoms with Crippen molar-refractivity contribution in [3.8, 4) is 0 Å². The van der Waals surface area contributed by atoms with E-state index in [1.807, 2.05) is 46.8 Å². The van der Waals surface area contributed by atoms with Crippen molar-refractivity contribution in [1.82, 2.24) is 0 Å². The van der Waals surface area contributed by atoms with E-state index in [1.54, 1.807) is 0 Å². The van der Waals surface area contributed by atoms with Crippen LogP contribution in [-0.4, -0.2) is 14.7 Å². The molecule has 0 radical (unpaired) electrons. The molecule has 0 heterocycles. The summed E-state index contributed by atoms with van der Waals surface area (Å²) < 4.78 is 22.8. The van der Waals surface area contributed by atoms with E-state index in [4.69, 9.17) is 0 Å². The first-order valence-electron chi connectivity index (χ1n) is 5.10. The number of rotatable bonds is 1. The van der Waals surface area contributed by atoms with Gasteiger partial charge in [-0.1, -0.05) is 31.5 Å². The molecule has 1 rings (SSSR count). The van der Waals surface area contributed by atoms with Crippen LogP contribution in [0.1, 0.15) is 30.5 Å². The molecule has 0 spiro atoms. The van der Waals surface area contributed by atoms with Crippen molar-refractivity contribution in [2.45, 2.75) is 39.5 Å².